The first-order chi connectivity index (χ1) is 42.3. The van der Waals surface area contributed by atoms with Crippen molar-refractivity contribution in [2.24, 2.45) is 50.2 Å². The van der Waals surface area contributed by atoms with Gasteiger partial charge in [0, 0.05) is 5.41 Å². The number of carbonyl (C=O) groups is 1. The van der Waals surface area contributed by atoms with Gasteiger partial charge in [0.05, 0.1) is 51.8 Å². The van der Waals surface area contributed by atoms with Crippen molar-refractivity contribution in [3.8, 4) is 0 Å². The quantitative estimate of drug-likeness (QED) is 0.0388. The average molecular weight is 1300 g/mol. The Morgan fingerprint density at radius 1 is 0.467 bits per heavy atom. The first-order valence-electron chi connectivity index (χ1n) is 31.6. The number of rotatable bonds is 16. The molecular weight excluding hydrogens is 1200 g/mol. The van der Waals surface area contributed by atoms with Crippen LogP contribution in [0.25, 0.3) is 0 Å². The van der Waals surface area contributed by atoms with Gasteiger partial charge in [0.2, 0.25) is 6.29 Å². The van der Waals surface area contributed by atoms with E-state index in [9.17, 15) is 102 Å². The van der Waals surface area contributed by atoms with Crippen molar-refractivity contribution in [3.05, 3.63) is 11.6 Å². The lowest BCUT2D eigenvalue weighted by Crippen LogP contribution is -2.70. The summed E-state index contributed by atoms with van der Waals surface area (Å²) in [6, 6.07) is 0. The fraction of sp³-hybridized carbons (Fsp3) is 0.950. The fourth-order valence-corrected chi connectivity index (χ4v) is 18.1. The lowest BCUT2D eigenvalue weighted by molar-refractivity contribution is -0.405. The molecule has 35 atom stereocenters. The van der Waals surface area contributed by atoms with Crippen LogP contribution >= 0.6 is 0 Å². The summed E-state index contributed by atoms with van der Waals surface area (Å²) in [5.41, 5.74) is -3.80. The molecular formula is C60H98O30. The molecule has 0 aromatic rings. The van der Waals surface area contributed by atoms with Crippen molar-refractivity contribution in [2.75, 3.05) is 39.6 Å². The highest BCUT2D eigenvalue weighted by Crippen LogP contribution is 2.76. The van der Waals surface area contributed by atoms with Crippen LogP contribution in [0.1, 0.15) is 99.3 Å². The summed E-state index contributed by atoms with van der Waals surface area (Å²) < 4.78 is 60.4. The van der Waals surface area contributed by atoms with Crippen LogP contribution in [0.5, 0.6) is 0 Å². The van der Waals surface area contributed by atoms with Gasteiger partial charge in [0.25, 0.3) is 0 Å². The van der Waals surface area contributed by atoms with Crippen LogP contribution in [-0.4, -0.2) is 308 Å². The third-order valence-electron chi connectivity index (χ3n) is 23.7. The van der Waals surface area contributed by atoms with Crippen molar-refractivity contribution < 1.29 is 149 Å². The monoisotopic (exact) mass is 1300 g/mol. The molecule has 30 heteroatoms. The maximum Gasteiger partial charge on any atom is 0.317 e. The molecule has 518 valence electrons. The molecule has 10 rings (SSSR count). The standard InChI is InChI=1S/C60H98O30/c1-55(2)13-14-60(54(80)90-51-44(78)41(75)36(70)27(19-63)83-51)24(15-55)23-7-8-31-56(3)11-10-33(57(4,22-66)30(56)9-12-58(31,5)59(23,6)16-32(60)67)86-53-48(89-50-43(77)40(74)35(69)26(18-62)82-50)47(38(72)29(21-65)85-53)88-52-45(79)46(37(71)28(20-64)84-52)87-49-42(76)39(73)34(68)25(17-61)81-49/h7,24-53,61-79H,8-22H2,1-6H3/t24-,25+,26+,27+,28+,29+,30+,31-,32+,33+,34+,35+,36+,37+,38+,39-,40-,41-,42+,43+,44+,45+,46-,47-,48+,49-,50-,51-,52-,53-,56+,57+,58-,59-,60+/m1/s1. The Balaban J connectivity index is 0.948. The molecule has 19 N–H and O–H groups in total. The minimum absolute atomic E-state index is 0.113. The van der Waals surface area contributed by atoms with Crippen molar-refractivity contribution in [3.63, 3.8) is 0 Å². The van der Waals surface area contributed by atoms with E-state index >= 15 is 0 Å². The first-order valence-corrected chi connectivity index (χ1v) is 31.6. The van der Waals surface area contributed by atoms with Gasteiger partial charge in [0.15, 0.2) is 25.2 Å². The van der Waals surface area contributed by atoms with Gasteiger partial charge in [-0.3, -0.25) is 4.79 Å². The molecule has 0 amide bonds. The Hall–Kier alpha value is -1.91. The predicted molar refractivity (Wildman–Crippen MR) is 298 cm³/mol. The zero-order valence-electron chi connectivity index (χ0n) is 51.5. The number of fused-ring (bicyclic) bond motifs is 7. The highest BCUT2D eigenvalue weighted by molar-refractivity contribution is 5.80. The van der Waals surface area contributed by atoms with Gasteiger partial charge in [0.1, 0.15) is 127 Å². The minimum Gasteiger partial charge on any atom is -0.432 e. The Morgan fingerprint density at radius 3 is 1.44 bits per heavy atom. The number of ether oxygens (including phenoxy) is 10. The first kappa shape index (κ1) is 70.9. The maximum atomic E-state index is 14.9. The number of esters is 1. The Labute approximate surface area is 520 Å². The molecule has 0 bridgehead atoms. The summed E-state index contributed by atoms with van der Waals surface area (Å²) in [5.74, 6) is -1.81. The second-order valence-electron chi connectivity index (χ2n) is 29.0. The number of hydrogen-bond acceptors (Lipinski definition) is 30. The Bertz CT molecular complexity index is 2490. The summed E-state index contributed by atoms with van der Waals surface area (Å²) in [6.07, 6.45) is -42.5. The van der Waals surface area contributed by atoms with Crippen LogP contribution in [0.4, 0.5) is 0 Å². The fourth-order valence-electron chi connectivity index (χ4n) is 18.1. The van der Waals surface area contributed by atoms with Crippen LogP contribution in [0.2, 0.25) is 0 Å². The number of aliphatic hydroxyl groups excluding tert-OH is 19. The summed E-state index contributed by atoms with van der Waals surface area (Å²) in [7, 11) is 0. The van der Waals surface area contributed by atoms with Crippen LogP contribution in [0.3, 0.4) is 0 Å². The molecule has 5 heterocycles. The van der Waals surface area contributed by atoms with Crippen molar-refractivity contribution in [1.82, 2.24) is 0 Å². The molecule has 30 nitrogen and oxygen atoms in total. The van der Waals surface area contributed by atoms with E-state index in [0.29, 0.717) is 38.5 Å². The van der Waals surface area contributed by atoms with E-state index in [4.69, 9.17) is 47.4 Å². The van der Waals surface area contributed by atoms with E-state index in [-0.39, 0.29) is 36.5 Å². The summed E-state index contributed by atoms with van der Waals surface area (Å²) in [6.45, 7) is 7.77. The second-order valence-corrected chi connectivity index (χ2v) is 29.0. The molecule has 10 aliphatic rings. The molecule has 9 fully saturated rings. The average Bonchev–Trinajstić information content (AvgIpc) is 0.675. The van der Waals surface area contributed by atoms with Gasteiger partial charge in [-0.25, -0.2) is 0 Å². The molecule has 4 saturated carbocycles. The van der Waals surface area contributed by atoms with Gasteiger partial charge in [-0.15, -0.1) is 0 Å². The molecule has 0 spiro atoms. The Kier molecular flexibility index (Phi) is 20.9. The molecule has 0 aromatic carbocycles. The molecule has 0 aromatic heterocycles. The van der Waals surface area contributed by atoms with Crippen molar-refractivity contribution in [1.29, 1.82) is 0 Å². The van der Waals surface area contributed by atoms with Gasteiger partial charge in [-0.1, -0.05) is 53.2 Å². The molecule has 5 saturated heterocycles. The van der Waals surface area contributed by atoms with Crippen LogP contribution in [-0.2, 0) is 52.2 Å². The van der Waals surface area contributed by atoms with E-state index in [1.807, 2.05) is 6.92 Å². The minimum atomic E-state index is -2.17. The van der Waals surface area contributed by atoms with Gasteiger partial charge < -0.3 is 144 Å². The van der Waals surface area contributed by atoms with E-state index in [2.05, 4.69) is 40.7 Å². The summed E-state index contributed by atoms with van der Waals surface area (Å²) in [4.78, 5) is 14.9. The number of carbonyl (C=O) groups excluding carboxylic acids is 1. The van der Waals surface area contributed by atoms with Crippen molar-refractivity contribution >= 4 is 5.97 Å². The maximum absolute atomic E-state index is 14.9. The normalized spacial score (nSPS) is 54.5. The number of hydrogen-bond donors (Lipinski definition) is 19. The highest BCUT2D eigenvalue weighted by Gasteiger charge is 2.73. The lowest BCUT2D eigenvalue weighted by atomic mass is 9.33. The van der Waals surface area contributed by atoms with E-state index in [1.54, 1.807) is 0 Å². The van der Waals surface area contributed by atoms with Gasteiger partial charge in [-0.2, -0.15) is 0 Å². The number of allylic oxidation sites excluding steroid dienone is 2. The topological polar surface area (TPSA) is 494 Å². The molecule has 5 aliphatic heterocycles. The van der Waals surface area contributed by atoms with E-state index in [1.165, 1.54) is 0 Å². The molecule has 90 heavy (non-hydrogen) atoms. The summed E-state index contributed by atoms with van der Waals surface area (Å²) >= 11 is 0. The molecule has 0 unspecified atom stereocenters. The largest absolute Gasteiger partial charge is 0.432 e. The van der Waals surface area contributed by atoms with Gasteiger partial charge >= 0.3 is 5.97 Å². The zero-order valence-corrected chi connectivity index (χ0v) is 51.5. The summed E-state index contributed by atoms with van der Waals surface area (Å²) in [5, 5.41) is 208. The Morgan fingerprint density at radius 2 is 0.922 bits per heavy atom. The SMILES string of the molecule is CC1(C)CC[C@]2(C(=O)O[C@H]3O[C@@H](CO)[C@H](O)[C@@H](O)[C@@H]3O)[C@H](C1)C1=CC[C@@H]3[C@@]4(C)CC[C@H](O[C@H]5O[C@@H](CO)[C@H](O)[C@@H](O[C@H]6O[C@@H](CO)[C@H](O)[C@@H](O[C@H]7O[C@@H](CO)[C@H](O)[C@@H](O)[C@@H]7O)[C@@H]6O)[C@@H]5O[C@H]5O[C@@H](CO)[C@H](O)[C@@H](O)[C@@H]5O)[C@@](C)(CO)[C@H]4CC[C@@]3(C)[C@]1(C)C[C@@H]2O. The van der Waals surface area contributed by atoms with Crippen LogP contribution in [0, 0.1) is 50.2 Å². The molecule has 0 radical (unpaired) electrons. The lowest BCUT2D eigenvalue weighted by Gasteiger charge is -2.72. The smallest absolute Gasteiger partial charge is 0.317 e. The van der Waals surface area contributed by atoms with E-state index < -0.39 is 244 Å². The number of aliphatic hydroxyl groups is 19. The predicted octanol–water partition coefficient (Wildman–Crippen LogP) is -6.27. The second kappa shape index (κ2) is 26.5. The third kappa shape index (κ3) is 11.6. The van der Waals surface area contributed by atoms with E-state index in [0.717, 1.165) is 5.57 Å². The molecule has 5 aliphatic carbocycles. The van der Waals surface area contributed by atoms with Crippen molar-refractivity contribution in [2.45, 2.75) is 265 Å². The van der Waals surface area contributed by atoms with Crippen LogP contribution < -0.4 is 0 Å². The van der Waals surface area contributed by atoms with Gasteiger partial charge in [-0.05, 0) is 97.2 Å². The zero-order chi connectivity index (χ0) is 65.9. The van der Waals surface area contributed by atoms with Crippen LogP contribution in [0.15, 0.2) is 11.6 Å². The highest BCUT2D eigenvalue weighted by atomic mass is 16.8. The third-order valence-corrected chi connectivity index (χ3v) is 23.7.